The van der Waals surface area contributed by atoms with Gasteiger partial charge in [-0.25, -0.2) is 4.79 Å². The summed E-state index contributed by atoms with van der Waals surface area (Å²) in [6, 6.07) is -0.432. The van der Waals surface area contributed by atoms with Crippen LogP contribution in [0.5, 0.6) is 0 Å². The number of carbonyl (C=O) groups excluding carboxylic acids is 2. The van der Waals surface area contributed by atoms with Gasteiger partial charge in [-0.3, -0.25) is 10.1 Å². The number of nitrogens with one attached hydrogen (secondary N) is 2. The van der Waals surface area contributed by atoms with Crippen LogP contribution in [0.2, 0.25) is 0 Å². The van der Waals surface area contributed by atoms with Crippen LogP contribution in [0.25, 0.3) is 6.08 Å². The predicted octanol–water partition coefficient (Wildman–Crippen LogP) is 0.810. The maximum Gasteiger partial charge on any atom is 0.322 e. The lowest BCUT2D eigenvalue weighted by Crippen LogP contribution is -2.40. The van der Waals surface area contributed by atoms with Gasteiger partial charge in [0.1, 0.15) is 0 Å². The second-order valence-electron chi connectivity index (χ2n) is 3.29. The molecule has 0 saturated carbocycles. The fourth-order valence-corrected chi connectivity index (χ4v) is 2.72. The van der Waals surface area contributed by atoms with E-state index >= 15 is 0 Å². The lowest BCUT2D eigenvalue weighted by molar-refractivity contribution is -0.122. The van der Waals surface area contributed by atoms with Crippen molar-refractivity contribution in [3.05, 3.63) is 28.0 Å². The lowest BCUT2D eigenvalue weighted by Gasteiger charge is -2.17. The van der Waals surface area contributed by atoms with Gasteiger partial charge in [-0.05, 0) is 22.4 Å². The van der Waals surface area contributed by atoms with Gasteiger partial charge in [0.15, 0.2) is 5.54 Å². The molecule has 2 heterocycles. The average Bonchev–Trinajstić information content (AvgIpc) is 2.73. The number of carbonyl (C=O) groups is 2. The van der Waals surface area contributed by atoms with E-state index in [1.807, 2.05) is 16.8 Å². The Morgan fingerprint density at radius 1 is 1.29 bits per heavy atom. The van der Waals surface area contributed by atoms with E-state index < -0.39 is 11.6 Å². The third kappa shape index (κ3) is 0.730. The molecule has 0 aromatic carbocycles. The minimum atomic E-state index is -0.938. The third-order valence-electron chi connectivity index (χ3n) is 2.53. The molecule has 1 aromatic heterocycles. The molecule has 1 aromatic rings. The molecule has 1 fully saturated rings. The molecule has 4 nitrogen and oxygen atoms in total. The summed E-state index contributed by atoms with van der Waals surface area (Å²) in [7, 11) is 0. The highest BCUT2D eigenvalue weighted by atomic mass is 32.1. The van der Waals surface area contributed by atoms with E-state index in [4.69, 9.17) is 0 Å². The minimum Gasteiger partial charge on any atom is -0.316 e. The SMILES string of the molecule is O=C1NC(=O)C2(C=Cc3cscc32)N1. The first kappa shape index (κ1) is 7.75. The van der Waals surface area contributed by atoms with Gasteiger partial charge in [-0.15, -0.1) is 0 Å². The summed E-state index contributed by atoms with van der Waals surface area (Å²) in [5.41, 5.74) is 0.935. The highest BCUT2D eigenvalue weighted by molar-refractivity contribution is 7.08. The van der Waals surface area contributed by atoms with Crippen molar-refractivity contribution in [2.75, 3.05) is 0 Å². The van der Waals surface area contributed by atoms with Gasteiger partial charge in [0.2, 0.25) is 0 Å². The van der Waals surface area contributed by atoms with Crippen LogP contribution in [-0.4, -0.2) is 11.9 Å². The first-order valence-electron chi connectivity index (χ1n) is 4.12. The summed E-state index contributed by atoms with van der Waals surface area (Å²) >= 11 is 1.52. The lowest BCUT2D eigenvalue weighted by atomic mass is 9.95. The Balaban J connectivity index is 2.21. The molecule has 3 amide bonds. The van der Waals surface area contributed by atoms with Gasteiger partial charge in [-0.2, -0.15) is 11.3 Å². The first-order valence-corrected chi connectivity index (χ1v) is 5.06. The van der Waals surface area contributed by atoms with Crippen molar-refractivity contribution in [1.82, 2.24) is 10.6 Å². The van der Waals surface area contributed by atoms with E-state index in [2.05, 4.69) is 10.6 Å². The standard InChI is InChI=1S/C9H6N2O2S/c12-7-9(11-8(13)10-7)2-1-5-3-14-4-6(5)9/h1-4H,(H2,10,11,12,13). The summed E-state index contributed by atoms with van der Waals surface area (Å²) in [5, 5.41) is 8.73. The van der Waals surface area contributed by atoms with Gasteiger partial charge in [-0.1, -0.05) is 6.08 Å². The molecule has 5 heteroatoms. The molecule has 70 valence electrons. The van der Waals surface area contributed by atoms with Crippen LogP contribution in [0, 0.1) is 0 Å². The van der Waals surface area contributed by atoms with Crippen molar-refractivity contribution >= 4 is 29.4 Å². The number of rotatable bonds is 0. The van der Waals surface area contributed by atoms with Gasteiger partial charge in [0.05, 0.1) is 0 Å². The third-order valence-corrected chi connectivity index (χ3v) is 3.29. The zero-order valence-corrected chi connectivity index (χ0v) is 7.85. The molecule has 2 N–H and O–H groups in total. The topological polar surface area (TPSA) is 58.2 Å². The molecular formula is C9H6N2O2S. The Labute approximate surface area is 83.6 Å². The van der Waals surface area contributed by atoms with Crippen molar-refractivity contribution in [2.24, 2.45) is 0 Å². The first-order chi connectivity index (χ1) is 6.72. The zero-order chi connectivity index (χ0) is 9.76. The molecular weight excluding hydrogens is 200 g/mol. The monoisotopic (exact) mass is 206 g/mol. The van der Waals surface area contributed by atoms with Crippen LogP contribution in [0.4, 0.5) is 4.79 Å². The Bertz CT molecular complexity index is 477. The molecule has 1 spiro atoms. The summed E-state index contributed by atoms with van der Waals surface area (Å²) in [4.78, 5) is 22.7. The Morgan fingerprint density at radius 3 is 2.86 bits per heavy atom. The van der Waals surface area contributed by atoms with Crippen molar-refractivity contribution in [3.63, 3.8) is 0 Å². The van der Waals surface area contributed by atoms with Crippen LogP contribution in [-0.2, 0) is 10.3 Å². The molecule has 1 saturated heterocycles. The molecule has 3 rings (SSSR count). The highest BCUT2D eigenvalue weighted by Gasteiger charge is 2.49. The number of fused-ring (bicyclic) bond motifs is 2. The molecule has 0 radical (unpaired) electrons. The predicted molar refractivity (Wildman–Crippen MR) is 51.7 cm³/mol. The van der Waals surface area contributed by atoms with E-state index in [9.17, 15) is 9.59 Å². The number of urea groups is 1. The van der Waals surface area contributed by atoms with Gasteiger partial charge < -0.3 is 5.32 Å². The molecule has 1 aliphatic heterocycles. The van der Waals surface area contributed by atoms with Crippen LogP contribution >= 0.6 is 11.3 Å². The van der Waals surface area contributed by atoms with E-state index in [1.54, 1.807) is 6.08 Å². The fourth-order valence-electron chi connectivity index (χ4n) is 1.84. The molecule has 1 unspecified atom stereocenters. The fraction of sp³-hybridized carbons (Fsp3) is 0.111. The summed E-state index contributed by atoms with van der Waals surface area (Å²) in [5.74, 6) is -0.295. The smallest absolute Gasteiger partial charge is 0.316 e. The van der Waals surface area contributed by atoms with E-state index in [1.165, 1.54) is 11.3 Å². The normalized spacial score (nSPS) is 28.0. The van der Waals surface area contributed by atoms with Crippen molar-refractivity contribution < 1.29 is 9.59 Å². The van der Waals surface area contributed by atoms with Crippen molar-refractivity contribution in [1.29, 1.82) is 0 Å². The Morgan fingerprint density at radius 2 is 2.14 bits per heavy atom. The largest absolute Gasteiger partial charge is 0.322 e. The van der Waals surface area contributed by atoms with Crippen LogP contribution in [0.15, 0.2) is 16.8 Å². The number of amides is 3. The Kier molecular flexibility index (Phi) is 1.24. The van der Waals surface area contributed by atoms with Gasteiger partial charge in [0, 0.05) is 5.56 Å². The number of hydrogen-bond donors (Lipinski definition) is 2. The van der Waals surface area contributed by atoms with Crippen LogP contribution in [0.3, 0.4) is 0 Å². The van der Waals surface area contributed by atoms with Gasteiger partial charge in [0.25, 0.3) is 5.91 Å². The molecule has 2 aliphatic rings. The Hall–Kier alpha value is -1.62. The summed E-state index contributed by atoms with van der Waals surface area (Å²) in [6.07, 6.45) is 3.58. The highest BCUT2D eigenvalue weighted by Crippen LogP contribution is 2.38. The van der Waals surface area contributed by atoms with Gasteiger partial charge >= 0.3 is 6.03 Å². The minimum absolute atomic E-state index is 0.295. The maximum absolute atomic E-state index is 11.6. The van der Waals surface area contributed by atoms with Crippen molar-refractivity contribution in [3.8, 4) is 0 Å². The van der Waals surface area contributed by atoms with Crippen LogP contribution in [0.1, 0.15) is 11.1 Å². The molecule has 0 bridgehead atoms. The second-order valence-corrected chi connectivity index (χ2v) is 4.03. The molecule has 1 aliphatic carbocycles. The summed E-state index contributed by atoms with van der Waals surface area (Å²) < 4.78 is 0. The van der Waals surface area contributed by atoms with E-state index in [0.717, 1.165) is 11.1 Å². The van der Waals surface area contributed by atoms with E-state index in [-0.39, 0.29) is 5.91 Å². The maximum atomic E-state index is 11.6. The molecule has 1 atom stereocenters. The second kappa shape index (κ2) is 2.24. The average molecular weight is 206 g/mol. The number of thiophene rings is 1. The summed E-state index contributed by atoms with van der Waals surface area (Å²) in [6.45, 7) is 0. The van der Waals surface area contributed by atoms with Crippen LogP contribution < -0.4 is 10.6 Å². The zero-order valence-electron chi connectivity index (χ0n) is 7.03. The quantitative estimate of drug-likeness (QED) is 0.617. The number of imide groups is 1. The van der Waals surface area contributed by atoms with E-state index in [0.29, 0.717) is 0 Å². The van der Waals surface area contributed by atoms with Crippen molar-refractivity contribution in [2.45, 2.75) is 5.54 Å². The molecule has 14 heavy (non-hydrogen) atoms. The number of hydrogen-bond acceptors (Lipinski definition) is 3.